The molecule has 3 atom stereocenters. The van der Waals surface area contributed by atoms with Gasteiger partial charge in [0.1, 0.15) is 12.2 Å². The molecule has 1 N–H and O–H groups in total. The Morgan fingerprint density at radius 3 is 2.92 bits per heavy atom. The van der Waals surface area contributed by atoms with Crippen molar-refractivity contribution in [3.05, 3.63) is 12.2 Å². The van der Waals surface area contributed by atoms with Crippen LogP contribution in [0.25, 0.3) is 0 Å². The predicted molar refractivity (Wildman–Crippen MR) is 46.1 cm³/mol. The van der Waals surface area contributed by atoms with Crippen molar-refractivity contribution in [2.24, 2.45) is 0 Å². The summed E-state index contributed by atoms with van der Waals surface area (Å²) in [6, 6.07) is 0. The predicted octanol–water partition coefficient (Wildman–Crippen LogP) is 0.254. The average Bonchev–Trinajstić information content (AvgIpc) is 2.80. The van der Waals surface area contributed by atoms with Crippen LogP contribution in [0.15, 0.2) is 12.2 Å². The molecule has 0 aromatic carbocycles. The minimum atomic E-state index is -0.489. The zero-order chi connectivity index (χ0) is 9.84. The fourth-order valence-electron chi connectivity index (χ4n) is 1.04. The highest BCUT2D eigenvalue weighted by molar-refractivity contribution is 5.82. The number of esters is 1. The molecule has 4 heteroatoms. The van der Waals surface area contributed by atoms with Crippen molar-refractivity contribution in [2.75, 3.05) is 6.61 Å². The standard InChI is InChI=1S/C9H14O4/c1-3-12-8(11)5-4-7-9(13-7)6(2)10/h4-7,9-10H,3H2,1-2H3/b5-4+/t6-,7+,9+/m0/s1. The molecular formula is C9H14O4. The SMILES string of the molecule is CCOC(=O)/C=C/[C@H]1O[C@@H]1[C@H](C)O. The van der Waals surface area contributed by atoms with Gasteiger partial charge < -0.3 is 14.6 Å². The highest BCUT2D eigenvalue weighted by Gasteiger charge is 2.40. The van der Waals surface area contributed by atoms with Crippen LogP contribution in [0.5, 0.6) is 0 Å². The molecule has 13 heavy (non-hydrogen) atoms. The van der Waals surface area contributed by atoms with Crippen LogP contribution in [0, 0.1) is 0 Å². The first-order chi connectivity index (χ1) is 6.15. The van der Waals surface area contributed by atoms with Crippen LogP contribution in [-0.4, -0.2) is 36.0 Å². The molecule has 1 heterocycles. The van der Waals surface area contributed by atoms with E-state index in [1.807, 2.05) is 0 Å². The van der Waals surface area contributed by atoms with E-state index in [1.165, 1.54) is 6.08 Å². The summed E-state index contributed by atoms with van der Waals surface area (Å²) in [5.41, 5.74) is 0. The van der Waals surface area contributed by atoms with Gasteiger partial charge in [-0.1, -0.05) is 0 Å². The van der Waals surface area contributed by atoms with Crippen molar-refractivity contribution in [3.8, 4) is 0 Å². The lowest BCUT2D eigenvalue weighted by atomic mass is 10.2. The fraction of sp³-hybridized carbons (Fsp3) is 0.667. The summed E-state index contributed by atoms with van der Waals surface area (Å²) in [5.74, 6) is -0.373. The maximum atomic E-state index is 10.8. The lowest BCUT2D eigenvalue weighted by Crippen LogP contribution is -2.10. The Labute approximate surface area is 77.1 Å². The highest BCUT2D eigenvalue weighted by Crippen LogP contribution is 2.26. The number of rotatable bonds is 4. The number of epoxide rings is 1. The average molecular weight is 186 g/mol. The summed E-state index contributed by atoms with van der Waals surface area (Å²) in [5, 5.41) is 9.06. The molecule has 0 aliphatic carbocycles. The number of hydrogen-bond acceptors (Lipinski definition) is 4. The van der Waals surface area contributed by atoms with Gasteiger partial charge in [0.05, 0.1) is 12.7 Å². The molecular weight excluding hydrogens is 172 g/mol. The van der Waals surface area contributed by atoms with E-state index < -0.39 is 6.10 Å². The Morgan fingerprint density at radius 2 is 2.46 bits per heavy atom. The van der Waals surface area contributed by atoms with Crippen LogP contribution in [0.1, 0.15) is 13.8 Å². The smallest absolute Gasteiger partial charge is 0.330 e. The van der Waals surface area contributed by atoms with Crippen molar-refractivity contribution in [3.63, 3.8) is 0 Å². The first kappa shape index (κ1) is 10.2. The molecule has 0 radical (unpaired) electrons. The van der Waals surface area contributed by atoms with Crippen molar-refractivity contribution < 1.29 is 19.4 Å². The summed E-state index contributed by atoms with van der Waals surface area (Å²) in [6.45, 7) is 3.77. The van der Waals surface area contributed by atoms with E-state index in [1.54, 1.807) is 19.9 Å². The second-order valence-electron chi connectivity index (χ2n) is 2.92. The zero-order valence-electron chi connectivity index (χ0n) is 7.77. The molecule has 0 bridgehead atoms. The van der Waals surface area contributed by atoms with Gasteiger partial charge in [-0.2, -0.15) is 0 Å². The Kier molecular flexibility index (Phi) is 3.45. The molecule has 1 aliphatic rings. The second-order valence-corrected chi connectivity index (χ2v) is 2.92. The van der Waals surface area contributed by atoms with Crippen LogP contribution < -0.4 is 0 Å². The Bertz CT molecular complexity index is 210. The maximum absolute atomic E-state index is 10.8. The van der Waals surface area contributed by atoms with Crippen molar-refractivity contribution in [2.45, 2.75) is 32.2 Å². The molecule has 1 aliphatic heterocycles. The Hall–Kier alpha value is -0.870. The third-order valence-corrected chi connectivity index (χ3v) is 1.75. The molecule has 1 saturated heterocycles. The molecule has 0 aromatic rings. The zero-order valence-corrected chi connectivity index (χ0v) is 7.77. The second kappa shape index (κ2) is 4.39. The maximum Gasteiger partial charge on any atom is 0.330 e. The summed E-state index contributed by atoms with van der Waals surface area (Å²) in [4.78, 5) is 10.8. The van der Waals surface area contributed by atoms with Gasteiger partial charge in [0, 0.05) is 6.08 Å². The van der Waals surface area contributed by atoms with Crippen molar-refractivity contribution >= 4 is 5.97 Å². The van der Waals surface area contributed by atoms with E-state index in [-0.39, 0.29) is 18.2 Å². The Balaban J connectivity index is 2.23. The lowest BCUT2D eigenvalue weighted by Gasteiger charge is -1.94. The molecule has 4 nitrogen and oxygen atoms in total. The van der Waals surface area contributed by atoms with Gasteiger partial charge in [-0.05, 0) is 19.9 Å². The lowest BCUT2D eigenvalue weighted by molar-refractivity contribution is -0.137. The van der Waals surface area contributed by atoms with E-state index in [9.17, 15) is 4.79 Å². The van der Waals surface area contributed by atoms with Gasteiger partial charge in [0.15, 0.2) is 0 Å². The minimum absolute atomic E-state index is 0.135. The van der Waals surface area contributed by atoms with Crippen LogP contribution in [0.3, 0.4) is 0 Å². The monoisotopic (exact) mass is 186 g/mol. The van der Waals surface area contributed by atoms with Gasteiger partial charge >= 0.3 is 5.97 Å². The van der Waals surface area contributed by atoms with Gasteiger partial charge in [-0.25, -0.2) is 4.79 Å². The first-order valence-electron chi connectivity index (χ1n) is 4.33. The van der Waals surface area contributed by atoms with E-state index in [2.05, 4.69) is 4.74 Å². The fourth-order valence-corrected chi connectivity index (χ4v) is 1.04. The molecule has 1 fully saturated rings. The van der Waals surface area contributed by atoms with Gasteiger partial charge in [0.25, 0.3) is 0 Å². The van der Waals surface area contributed by atoms with E-state index >= 15 is 0 Å². The molecule has 0 saturated carbocycles. The number of aliphatic hydroxyl groups excluding tert-OH is 1. The number of carbonyl (C=O) groups excluding carboxylic acids is 1. The topological polar surface area (TPSA) is 59.1 Å². The molecule has 74 valence electrons. The summed E-state index contributed by atoms with van der Waals surface area (Å²) < 4.78 is 9.73. The van der Waals surface area contributed by atoms with Crippen LogP contribution in [-0.2, 0) is 14.3 Å². The van der Waals surface area contributed by atoms with Gasteiger partial charge in [-0.15, -0.1) is 0 Å². The summed E-state index contributed by atoms with van der Waals surface area (Å²) in [7, 11) is 0. The third kappa shape index (κ3) is 3.16. The summed E-state index contributed by atoms with van der Waals surface area (Å²) >= 11 is 0. The number of carbonyl (C=O) groups is 1. The van der Waals surface area contributed by atoms with E-state index in [0.717, 1.165) is 0 Å². The van der Waals surface area contributed by atoms with Crippen molar-refractivity contribution in [1.82, 2.24) is 0 Å². The van der Waals surface area contributed by atoms with Crippen LogP contribution in [0.2, 0.25) is 0 Å². The number of ether oxygens (including phenoxy) is 2. The third-order valence-electron chi connectivity index (χ3n) is 1.75. The van der Waals surface area contributed by atoms with Crippen LogP contribution >= 0.6 is 0 Å². The van der Waals surface area contributed by atoms with E-state index in [4.69, 9.17) is 9.84 Å². The van der Waals surface area contributed by atoms with Crippen molar-refractivity contribution in [1.29, 1.82) is 0 Å². The first-order valence-corrected chi connectivity index (χ1v) is 4.33. The molecule has 0 spiro atoms. The largest absolute Gasteiger partial charge is 0.463 e. The highest BCUT2D eigenvalue weighted by atomic mass is 16.6. The molecule has 0 unspecified atom stereocenters. The molecule has 0 amide bonds. The van der Waals surface area contributed by atoms with Crippen LogP contribution in [0.4, 0.5) is 0 Å². The molecule has 0 aromatic heterocycles. The minimum Gasteiger partial charge on any atom is -0.463 e. The van der Waals surface area contributed by atoms with Gasteiger partial charge in [0.2, 0.25) is 0 Å². The molecule has 1 rings (SSSR count). The number of aliphatic hydroxyl groups is 1. The van der Waals surface area contributed by atoms with E-state index in [0.29, 0.717) is 6.61 Å². The normalized spacial score (nSPS) is 28.8. The van der Waals surface area contributed by atoms with Gasteiger partial charge in [-0.3, -0.25) is 0 Å². The quantitative estimate of drug-likeness (QED) is 0.388. The number of hydrogen-bond donors (Lipinski definition) is 1. The summed E-state index contributed by atoms with van der Waals surface area (Å²) in [6.07, 6.45) is 2.15. The Morgan fingerprint density at radius 1 is 1.77 bits per heavy atom.